The molecule has 2 heterocycles. The predicted molar refractivity (Wildman–Crippen MR) is 50.5 cm³/mol. The van der Waals surface area contributed by atoms with Crippen molar-refractivity contribution in [3.63, 3.8) is 0 Å². The summed E-state index contributed by atoms with van der Waals surface area (Å²) in [6.45, 7) is 2.49. The van der Waals surface area contributed by atoms with E-state index in [1.807, 2.05) is 18.4 Å². The number of aromatic nitrogens is 1. The van der Waals surface area contributed by atoms with Crippen molar-refractivity contribution in [3.8, 4) is 0 Å². The molecule has 13 heavy (non-hydrogen) atoms. The number of nitrogens with zero attached hydrogens (tertiary/aromatic N) is 1. The van der Waals surface area contributed by atoms with Crippen LogP contribution in [0.5, 0.6) is 0 Å². The summed E-state index contributed by atoms with van der Waals surface area (Å²) in [4.78, 5) is 11.1. The fourth-order valence-electron chi connectivity index (χ4n) is 1.38. The Hall–Kier alpha value is -0.940. The zero-order valence-electron chi connectivity index (χ0n) is 7.28. The topological polar surface area (TPSA) is 54.0 Å². The summed E-state index contributed by atoms with van der Waals surface area (Å²) in [5.41, 5.74) is 1.01. The third-order valence-electron chi connectivity index (χ3n) is 2.14. The van der Waals surface area contributed by atoms with E-state index >= 15 is 0 Å². The molecule has 1 aliphatic rings. The lowest BCUT2D eigenvalue weighted by molar-refractivity contribution is -0.124. The van der Waals surface area contributed by atoms with E-state index in [4.69, 9.17) is 0 Å². The monoisotopic (exact) mass is 197 g/mol. The van der Waals surface area contributed by atoms with Crippen molar-refractivity contribution < 1.29 is 4.79 Å². The van der Waals surface area contributed by atoms with Crippen molar-refractivity contribution in [2.45, 2.75) is 19.0 Å². The van der Waals surface area contributed by atoms with E-state index in [1.165, 1.54) is 11.5 Å². The fourth-order valence-corrected chi connectivity index (χ4v) is 1.95. The zero-order chi connectivity index (χ0) is 9.26. The third kappa shape index (κ3) is 1.71. The van der Waals surface area contributed by atoms with Crippen LogP contribution < -0.4 is 10.6 Å². The van der Waals surface area contributed by atoms with Crippen molar-refractivity contribution in [2.75, 3.05) is 6.54 Å². The van der Waals surface area contributed by atoms with Crippen molar-refractivity contribution in [1.29, 1.82) is 0 Å². The van der Waals surface area contributed by atoms with Gasteiger partial charge in [-0.3, -0.25) is 10.1 Å². The standard InChI is InChI=1S/C8H11N3OS/c1-5-8(12)9-4-7(10-5)6-2-3-13-11-6/h2-3,5,7,10H,4H2,1H3,(H,9,12). The molecule has 2 unspecified atom stereocenters. The van der Waals surface area contributed by atoms with Crippen LogP contribution in [0.25, 0.3) is 0 Å². The van der Waals surface area contributed by atoms with E-state index in [-0.39, 0.29) is 18.0 Å². The number of piperazine rings is 1. The Morgan fingerprint density at radius 3 is 3.15 bits per heavy atom. The predicted octanol–water partition coefficient (Wildman–Crippen LogP) is 0.292. The van der Waals surface area contributed by atoms with Gasteiger partial charge < -0.3 is 5.32 Å². The van der Waals surface area contributed by atoms with E-state index in [9.17, 15) is 4.79 Å². The van der Waals surface area contributed by atoms with Gasteiger partial charge >= 0.3 is 0 Å². The van der Waals surface area contributed by atoms with Crippen LogP contribution in [-0.4, -0.2) is 22.9 Å². The van der Waals surface area contributed by atoms with Crippen LogP contribution in [0.4, 0.5) is 0 Å². The molecule has 0 aliphatic carbocycles. The van der Waals surface area contributed by atoms with Gasteiger partial charge in [0.05, 0.1) is 17.8 Å². The second-order valence-electron chi connectivity index (χ2n) is 3.11. The smallest absolute Gasteiger partial charge is 0.236 e. The van der Waals surface area contributed by atoms with Crippen LogP contribution in [0, 0.1) is 0 Å². The van der Waals surface area contributed by atoms with Gasteiger partial charge in [-0.15, -0.1) is 0 Å². The maximum atomic E-state index is 11.1. The van der Waals surface area contributed by atoms with Crippen LogP contribution in [0.15, 0.2) is 11.4 Å². The lowest BCUT2D eigenvalue weighted by Gasteiger charge is -2.27. The van der Waals surface area contributed by atoms with Gasteiger partial charge in [-0.2, -0.15) is 4.37 Å². The summed E-state index contributed by atoms with van der Waals surface area (Å²) < 4.78 is 4.23. The van der Waals surface area contributed by atoms with Crippen molar-refractivity contribution in [3.05, 3.63) is 17.1 Å². The number of carbonyl (C=O) groups excluding carboxylic acids is 1. The summed E-state index contributed by atoms with van der Waals surface area (Å²) in [5, 5.41) is 7.98. The maximum absolute atomic E-state index is 11.1. The van der Waals surface area contributed by atoms with Crippen molar-refractivity contribution in [1.82, 2.24) is 15.0 Å². The number of nitrogens with one attached hydrogen (secondary N) is 2. The molecular formula is C8H11N3OS. The molecule has 2 atom stereocenters. The van der Waals surface area contributed by atoms with Crippen LogP contribution in [0.3, 0.4) is 0 Å². The molecule has 1 fully saturated rings. The second-order valence-corrected chi connectivity index (χ2v) is 3.78. The highest BCUT2D eigenvalue weighted by Crippen LogP contribution is 2.14. The van der Waals surface area contributed by atoms with Gasteiger partial charge in [0.25, 0.3) is 0 Å². The van der Waals surface area contributed by atoms with Crippen molar-refractivity contribution in [2.24, 2.45) is 0 Å². The fraction of sp³-hybridized carbons (Fsp3) is 0.500. The lowest BCUT2D eigenvalue weighted by Crippen LogP contribution is -2.52. The first-order valence-corrected chi connectivity index (χ1v) is 5.05. The molecule has 1 amide bonds. The summed E-state index contributed by atoms with van der Waals surface area (Å²) in [5.74, 6) is 0.0616. The molecule has 0 bridgehead atoms. The van der Waals surface area contributed by atoms with E-state index < -0.39 is 0 Å². The molecule has 0 saturated carbocycles. The molecule has 5 heteroatoms. The minimum absolute atomic E-state index is 0.0616. The summed E-state index contributed by atoms with van der Waals surface area (Å²) in [7, 11) is 0. The highest BCUT2D eigenvalue weighted by atomic mass is 32.1. The Balaban J connectivity index is 2.07. The van der Waals surface area contributed by atoms with Crippen LogP contribution in [0.1, 0.15) is 18.7 Å². The number of amides is 1. The molecule has 2 rings (SSSR count). The normalized spacial score (nSPS) is 28.5. The lowest BCUT2D eigenvalue weighted by atomic mass is 10.1. The first-order valence-electron chi connectivity index (χ1n) is 4.21. The molecular weight excluding hydrogens is 186 g/mol. The van der Waals surface area contributed by atoms with Gasteiger partial charge in [0.2, 0.25) is 5.91 Å². The van der Waals surface area contributed by atoms with E-state index in [1.54, 1.807) is 0 Å². The average molecular weight is 197 g/mol. The highest BCUT2D eigenvalue weighted by molar-refractivity contribution is 7.03. The minimum atomic E-state index is -0.125. The SMILES string of the molecule is CC1NC(c2ccsn2)CNC1=O. The second kappa shape index (κ2) is 3.43. The Morgan fingerprint density at radius 2 is 2.54 bits per heavy atom. The molecule has 4 nitrogen and oxygen atoms in total. The van der Waals surface area contributed by atoms with E-state index in [2.05, 4.69) is 15.0 Å². The molecule has 1 aromatic rings. The summed E-state index contributed by atoms with van der Waals surface area (Å²) in [6, 6.07) is 2.02. The Morgan fingerprint density at radius 1 is 1.69 bits per heavy atom. The van der Waals surface area contributed by atoms with E-state index in [0.29, 0.717) is 6.54 Å². The molecule has 0 spiro atoms. The Labute approximate surface area is 80.5 Å². The van der Waals surface area contributed by atoms with Crippen molar-refractivity contribution >= 4 is 17.4 Å². The van der Waals surface area contributed by atoms with Gasteiger partial charge in [-0.1, -0.05) is 0 Å². The van der Waals surface area contributed by atoms with Gasteiger partial charge in [-0.05, 0) is 24.5 Å². The first-order chi connectivity index (χ1) is 6.27. The number of carbonyl (C=O) groups is 1. The quantitative estimate of drug-likeness (QED) is 0.680. The third-order valence-corrected chi connectivity index (χ3v) is 2.71. The number of rotatable bonds is 1. The van der Waals surface area contributed by atoms with Crippen LogP contribution >= 0.6 is 11.5 Å². The molecule has 1 aliphatic heterocycles. The number of hydrogen-bond donors (Lipinski definition) is 2. The first kappa shape index (κ1) is 8.65. The molecule has 70 valence electrons. The van der Waals surface area contributed by atoms with Crippen LogP contribution in [0.2, 0.25) is 0 Å². The zero-order valence-corrected chi connectivity index (χ0v) is 8.10. The average Bonchev–Trinajstić information content (AvgIpc) is 2.62. The number of hydrogen-bond acceptors (Lipinski definition) is 4. The largest absolute Gasteiger partial charge is 0.353 e. The summed E-state index contributed by atoms with van der Waals surface area (Å²) >= 11 is 1.43. The van der Waals surface area contributed by atoms with Gasteiger partial charge in [-0.25, -0.2) is 0 Å². The summed E-state index contributed by atoms with van der Waals surface area (Å²) in [6.07, 6.45) is 0. The molecule has 1 aromatic heterocycles. The molecule has 0 aromatic carbocycles. The van der Waals surface area contributed by atoms with Gasteiger partial charge in [0.1, 0.15) is 0 Å². The maximum Gasteiger partial charge on any atom is 0.236 e. The van der Waals surface area contributed by atoms with Gasteiger partial charge in [0, 0.05) is 11.9 Å². The Kier molecular flexibility index (Phi) is 2.28. The minimum Gasteiger partial charge on any atom is -0.353 e. The molecule has 0 radical (unpaired) electrons. The Bertz CT molecular complexity index is 298. The van der Waals surface area contributed by atoms with Crippen LogP contribution in [-0.2, 0) is 4.79 Å². The van der Waals surface area contributed by atoms with E-state index in [0.717, 1.165) is 5.69 Å². The molecule has 2 N–H and O–H groups in total. The highest BCUT2D eigenvalue weighted by Gasteiger charge is 2.25. The van der Waals surface area contributed by atoms with Gasteiger partial charge in [0.15, 0.2) is 0 Å². The molecule has 1 saturated heterocycles.